The van der Waals surface area contributed by atoms with Crippen LogP contribution in [0.3, 0.4) is 0 Å². The normalized spacial score (nSPS) is 22.6. The van der Waals surface area contributed by atoms with E-state index in [0.717, 1.165) is 0 Å². The Morgan fingerprint density at radius 3 is 3.05 bits per heavy atom. The molecule has 2 aromatic rings. The van der Waals surface area contributed by atoms with Crippen LogP contribution in [-0.2, 0) is 17.0 Å². The number of aryl methyl sites for hydroxylation is 1. The molecule has 1 saturated heterocycles. The van der Waals surface area contributed by atoms with Crippen LogP contribution in [0.1, 0.15) is 24.0 Å². The van der Waals surface area contributed by atoms with Crippen LogP contribution in [0.15, 0.2) is 4.52 Å². The minimum Gasteiger partial charge on any atom is -0.377 e. The second-order valence-corrected chi connectivity index (χ2v) is 5.44. The Kier molecular flexibility index (Phi) is 3.38. The fourth-order valence-electron chi connectivity index (χ4n) is 2.15. The first-order chi connectivity index (χ1) is 9.60. The summed E-state index contributed by atoms with van der Waals surface area (Å²) in [4.78, 5) is 10.2. The zero-order valence-electron chi connectivity index (χ0n) is 11.2. The molecule has 20 heavy (non-hydrogen) atoms. The molecule has 0 bridgehead atoms. The number of rotatable bonds is 4. The summed E-state index contributed by atoms with van der Waals surface area (Å²) >= 11 is 1.24. The lowest BCUT2D eigenvalue weighted by Gasteiger charge is -2.16. The maximum atomic E-state index is 14.8. The summed E-state index contributed by atoms with van der Waals surface area (Å²) in [5.74, 6) is 1.09. The maximum absolute atomic E-state index is 14.8. The van der Waals surface area contributed by atoms with Crippen LogP contribution < -0.4 is 4.90 Å². The Morgan fingerprint density at radius 2 is 2.35 bits per heavy atom. The highest BCUT2D eigenvalue weighted by molar-refractivity contribution is 7.09. The minimum atomic E-state index is -1.62. The largest absolute Gasteiger partial charge is 0.377 e. The molecule has 0 aromatic carbocycles. The molecule has 3 rings (SSSR count). The summed E-state index contributed by atoms with van der Waals surface area (Å²) in [7, 11) is 1.58. The average Bonchev–Trinajstić information content (AvgIpc) is 3.10. The lowest BCUT2D eigenvalue weighted by molar-refractivity contribution is 0.136. The Balaban J connectivity index is 1.75. The number of hydrogen-bond donors (Lipinski definition) is 0. The molecule has 1 unspecified atom stereocenters. The van der Waals surface area contributed by atoms with Crippen LogP contribution >= 0.6 is 11.5 Å². The van der Waals surface area contributed by atoms with Crippen molar-refractivity contribution >= 4 is 16.7 Å². The molecular weight excluding hydrogens is 285 g/mol. The van der Waals surface area contributed by atoms with E-state index in [-0.39, 0.29) is 12.4 Å². The van der Waals surface area contributed by atoms with Gasteiger partial charge in [0, 0.05) is 31.6 Å². The molecule has 1 aliphatic rings. The second-order valence-electron chi connectivity index (χ2n) is 4.71. The predicted octanol–water partition coefficient (Wildman–Crippen LogP) is 1.45. The van der Waals surface area contributed by atoms with Gasteiger partial charge in [-0.1, -0.05) is 5.16 Å². The van der Waals surface area contributed by atoms with E-state index in [0.29, 0.717) is 36.4 Å². The number of methoxy groups -OCH3 is 1. The zero-order valence-corrected chi connectivity index (χ0v) is 12.0. The molecule has 1 atom stereocenters. The van der Waals surface area contributed by atoms with Gasteiger partial charge in [-0.3, -0.25) is 0 Å². The van der Waals surface area contributed by atoms with E-state index in [1.165, 1.54) is 11.5 Å². The third-order valence-corrected chi connectivity index (χ3v) is 3.95. The van der Waals surface area contributed by atoms with Gasteiger partial charge in [0.2, 0.25) is 10.8 Å². The van der Waals surface area contributed by atoms with E-state index >= 15 is 0 Å². The monoisotopic (exact) mass is 299 g/mol. The summed E-state index contributed by atoms with van der Waals surface area (Å²) < 4.78 is 28.9. The van der Waals surface area contributed by atoms with Gasteiger partial charge < -0.3 is 14.2 Å². The van der Waals surface area contributed by atoms with Crippen molar-refractivity contribution in [3.05, 3.63) is 17.5 Å². The van der Waals surface area contributed by atoms with E-state index in [1.807, 2.05) is 4.90 Å². The smallest absolute Gasteiger partial charge is 0.266 e. The van der Waals surface area contributed by atoms with Crippen LogP contribution in [0.4, 0.5) is 9.52 Å². The fraction of sp³-hybridized carbons (Fsp3) is 0.636. The van der Waals surface area contributed by atoms with Crippen molar-refractivity contribution < 1.29 is 13.7 Å². The van der Waals surface area contributed by atoms with Crippen molar-refractivity contribution in [2.45, 2.75) is 25.6 Å². The van der Waals surface area contributed by atoms with Crippen molar-refractivity contribution in [2.75, 3.05) is 25.1 Å². The Morgan fingerprint density at radius 1 is 1.50 bits per heavy atom. The van der Waals surface area contributed by atoms with E-state index in [4.69, 9.17) is 9.26 Å². The molecule has 108 valence electrons. The molecule has 9 heteroatoms. The third kappa shape index (κ3) is 2.38. The van der Waals surface area contributed by atoms with Gasteiger partial charge in [-0.2, -0.15) is 9.36 Å². The lowest BCUT2D eigenvalue weighted by Crippen LogP contribution is -2.27. The van der Waals surface area contributed by atoms with E-state index in [2.05, 4.69) is 19.5 Å². The molecular formula is C11H14FN5O2S. The number of anilines is 1. The molecule has 0 aliphatic carbocycles. The number of aromatic nitrogens is 4. The van der Waals surface area contributed by atoms with Crippen LogP contribution in [-0.4, -0.2) is 39.7 Å². The van der Waals surface area contributed by atoms with Crippen molar-refractivity contribution in [1.82, 2.24) is 19.5 Å². The van der Waals surface area contributed by atoms with Crippen molar-refractivity contribution in [1.29, 1.82) is 0 Å². The predicted molar refractivity (Wildman–Crippen MR) is 69.3 cm³/mol. The van der Waals surface area contributed by atoms with Gasteiger partial charge in [-0.05, 0) is 6.92 Å². The van der Waals surface area contributed by atoms with Crippen molar-refractivity contribution in [2.24, 2.45) is 0 Å². The summed E-state index contributed by atoms with van der Waals surface area (Å²) in [6.45, 7) is 2.72. The Bertz CT molecular complexity index is 603. The Hall–Kier alpha value is -1.61. The first-order valence-corrected chi connectivity index (χ1v) is 6.94. The SMILES string of the molecule is COCc1nsc(N2CCC(F)(c3nc(C)no3)C2)n1. The maximum Gasteiger partial charge on any atom is 0.266 e. The number of nitrogens with zero attached hydrogens (tertiary/aromatic N) is 5. The topological polar surface area (TPSA) is 77.2 Å². The number of hydrogen-bond acceptors (Lipinski definition) is 8. The molecule has 2 aromatic heterocycles. The molecule has 3 heterocycles. The highest BCUT2D eigenvalue weighted by atomic mass is 32.1. The van der Waals surface area contributed by atoms with Gasteiger partial charge >= 0.3 is 0 Å². The van der Waals surface area contributed by atoms with Crippen molar-refractivity contribution in [3.8, 4) is 0 Å². The van der Waals surface area contributed by atoms with E-state index in [9.17, 15) is 4.39 Å². The standard InChI is InChI=1S/C11H14FN5O2S/c1-7-13-9(19-15-7)11(12)3-4-17(6-11)10-14-8(5-18-2)16-20-10/h3-6H2,1-2H3. The number of alkyl halides is 1. The average molecular weight is 299 g/mol. The van der Waals surface area contributed by atoms with Gasteiger partial charge in [-0.25, -0.2) is 9.37 Å². The summed E-state index contributed by atoms with van der Waals surface area (Å²) in [6, 6.07) is 0. The molecule has 0 amide bonds. The number of ether oxygens (including phenoxy) is 1. The molecule has 0 N–H and O–H groups in total. The molecule has 7 nitrogen and oxygen atoms in total. The fourth-order valence-corrected chi connectivity index (χ4v) is 2.85. The van der Waals surface area contributed by atoms with Crippen LogP contribution in [0.5, 0.6) is 0 Å². The summed E-state index contributed by atoms with van der Waals surface area (Å²) in [5, 5.41) is 4.33. The zero-order chi connectivity index (χ0) is 14.2. The summed E-state index contributed by atoms with van der Waals surface area (Å²) in [5.41, 5.74) is -1.62. The van der Waals surface area contributed by atoms with Crippen LogP contribution in [0.25, 0.3) is 0 Å². The van der Waals surface area contributed by atoms with Gasteiger partial charge in [0.25, 0.3) is 5.89 Å². The molecule has 0 saturated carbocycles. The van der Waals surface area contributed by atoms with E-state index < -0.39 is 5.67 Å². The summed E-state index contributed by atoms with van der Waals surface area (Å²) in [6.07, 6.45) is 0.299. The van der Waals surface area contributed by atoms with E-state index in [1.54, 1.807) is 14.0 Å². The molecule has 1 aliphatic heterocycles. The highest BCUT2D eigenvalue weighted by Crippen LogP contribution is 2.37. The molecule has 0 radical (unpaired) electrons. The van der Waals surface area contributed by atoms with Crippen LogP contribution in [0.2, 0.25) is 0 Å². The van der Waals surface area contributed by atoms with Crippen LogP contribution in [0, 0.1) is 6.92 Å². The van der Waals surface area contributed by atoms with Gasteiger partial charge in [-0.15, -0.1) is 0 Å². The minimum absolute atomic E-state index is 0.0409. The third-order valence-electron chi connectivity index (χ3n) is 3.13. The van der Waals surface area contributed by atoms with Gasteiger partial charge in [0.1, 0.15) is 6.61 Å². The second kappa shape index (κ2) is 5.06. The first kappa shape index (κ1) is 13.4. The lowest BCUT2D eigenvalue weighted by atomic mass is 10.1. The Labute approximate surface area is 118 Å². The first-order valence-electron chi connectivity index (χ1n) is 6.17. The quantitative estimate of drug-likeness (QED) is 0.845. The highest BCUT2D eigenvalue weighted by Gasteiger charge is 2.45. The van der Waals surface area contributed by atoms with Crippen molar-refractivity contribution in [3.63, 3.8) is 0 Å². The number of halogens is 1. The van der Waals surface area contributed by atoms with Gasteiger partial charge in [0.05, 0.1) is 6.54 Å². The molecule has 0 spiro atoms. The molecule has 1 fully saturated rings. The van der Waals surface area contributed by atoms with Gasteiger partial charge in [0.15, 0.2) is 11.6 Å².